The second-order valence-corrected chi connectivity index (χ2v) is 5.12. The molecule has 0 atom stereocenters. The fourth-order valence-electron chi connectivity index (χ4n) is 2.50. The Balaban J connectivity index is 1.88. The quantitative estimate of drug-likeness (QED) is 0.796. The van der Waals surface area contributed by atoms with E-state index in [9.17, 15) is 0 Å². The summed E-state index contributed by atoms with van der Waals surface area (Å²) in [5.41, 5.74) is 7.65. The Morgan fingerprint density at radius 2 is 1.81 bits per heavy atom. The molecule has 108 valence electrons. The van der Waals surface area contributed by atoms with Crippen LogP contribution in [0.3, 0.4) is 0 Å². The van der Waals surface area contributed by atoms with Crippen LogP contribution in [-0.4, -0.2) is 16.8 Å². The van der Waals surface area contributed by atoms with Gasteiger partial charge in [0.15, 0.2) is 0 Å². The first-order chi connectivity index (χ1) is 10.2. The van der Waals surface area contributed by atoms with Gasteiger partial charge in [0.2, 0.25) is 0 Å². The van der Waals surface area contributed by atoms with E-state index in [0.29, 0.717) is 6.54 Å². The smallest absolute Gasteiger partial charge is 0.145 e. The molecule has 0 bridgehead atoms. The lowest BCUT2D eigenvalue weighted by molar-refractivity contribution is 0.419. The SMILES string of the molecule is COc1cccc2ccc(CNn3c(C)ccc3C)nc12. The van der Waals surface area contributed by atoms with Crippen molar-refractivity contribution in [2.45, 2.75) is 20.4 Å². The molecule has 0 unspecified atom stereocenters. The zero-order chi connectivity index (χ0) is 14.8. The van der Waals surface area contributed by atoms with Crippen LogP contribution < -0.4 is 10.2 Å². The lowest BCUT2D eigenvalue weighted by Crippen LogP contribution is -2.17. The standard InChI is InChI=1S/C17H19N3O/c1-12-7-8-13(2)20(12)18-11-15-10-9-14-5-4-6-16(21-3)17(14)19-15/h4-10,18H,11H2,1-3H3. The number of benzene rings is 1. The van der Waals surface area contributed by atoms with Crippen molar-refractivity contribution in [2.75, 3.05) is 12.5 Å². The lowest BCUT2D eigenvalue weighted by Gasteiger charge is -2.13. The number of aromatic nitrogens is 2. The molecule has 2 heterocycles. The van der Waals surface area contributed by atoms with Gasteiger partial charge in [0, 0.05) is 16.8 Å². The van der Waals surface area contributed by atoms with Crippen LogP contribution >= 0.6 is 0 Å². The number of para-hydroxylation sites is 1. The molecule has 0 amide bonds. The van der Waals surface area contributed by atoms with E-state index in [4.69, 9.17) is 9.72 Å². The molecule has 4 heteroatoms. The van der Waals surface area contributed by atoms with E-state index in [1.807, 2.05) is 24.3 Å². The van der Waals surface area contributed by atoms with Gasteiger partial charge in [-0.25, -0.2) is 4.98 Å². The third kappa shape index (κ3) is 2.57. The highest BCUT2D eigenvalue weighted by molar-refractivity contribution is 5.84. The maximum absolute atomic E-state index is 5.38. The number of fused-ring (bicyclic) bond motifs is 1. The average Bonchev–Trinajstić information content (AvgIpc) is 2.83. The molecular formula is C17H19N3O. The Hall–Kier alpha value is -2.49. The van der Waals surface area contributed by atoms with Crippen LogP contribution in [0.5, 0.6) is 5.75 Å². The van der Waals surface area contributed by atoms with Gasteiger partial charge in [-0.1, -0.05) is 18.2 Å². The summed E-state index contributed by atoms with van der Waals surface area (Å²) >= 11 is 0. The van der Waals surface area contributed by atoms with Gasteiger partial charge in [0.1, 0.15) is 11.3 Å². The summed E-state index contributed by atoms with van der Waals surface area (Å²) in [6.07, 6.45) is 0. The van der Waals surface area contributed by atoms with Gasteiger partial charge in [-0.05, 0) is 38.1 Å². The Kier molecular flexibility index (Phi) is 3.52. The van der Waals surface area contributed by atoms with E-state index in [1.54, 1.807) is 7.11 Å². The van der Waals surface area contributed by atoms with Crippen LogP contribution in [0.25, 0.3) is 10.9 Å². The first-order valence-electron chi connectivity index (χ1n) is 7.00. The number of ether oxygens (including phenoxy) is 1. The molecule has 1 aromatic carbocycles. The monoisotopic (exact) mass is 281 g/mol. The van der Waals surface area contributed by atoms with Crippen LogP contribution in [0.1, 0.15) is 17.1 Å². The topological polar surface area (TPSA) is 39.1 Å². The van der Waals surface area contributed by atoms with Crippen molar-refractivity contribution in [1.29, 1.82) is 0 Å². The van der Waals surface area contributed by atoms with E-state index in [1.165, 1.54) is 11.4 Å². The molecule has 0 aliphatic carbocycles. The van der Waals surface area contributed by atoms with Crippen LogP contribution in [0, 0.1) is 13.8 Å². The van der Waals surface area contributed by atoms with Gasteiger partial charge in [-0.3, -0.25) is 4.68 Å². The number of hydrogen-bond acceptors (Lipinski definition) is 3. The molecule has 0 fully saturated rings. The van der Waals surface area contributed by atoms with Crippen LogP contribution in [-0.2, 0) is 6.54 Å². The Labute approximate surface area is 124 Å². The molecule has 4 nitrogen and oxygen atoms in total. The summed E-state index contributed by atoms with van der Waals surface area (Å²) in [6, 6.07) is 14.3. The fourth-order valence-corrected chi connectivity index (χ4v) is 2.50. The van der Waals surface area contributed by atoms with Gasteiger partial charge in [-0.2, -0.15) is 0 Å². The van der Waals surface area contributed by atoms with Gasteiger partial charge < -0.3 is 10.2 Å². The van der Waals surface area contributed by atoms with Gasteiger partial charge in [0.05, 0.1) is 19.3 Å². The highest BCUT2D eigenvalue weighted by Gasteiger charge is 2.05. The highest BCUT2D eigenvalue weighted by Crippen LogP contribution is 2.23. The van der Waals surface area contributed by atoms with E-state index in [-0.39, 0.29) is 0 Å². The average molecular weight is 281 g/mol. The van der Waals surface area contributed by atoms with E-state index in [0.717, 1.165) is 22.3 Å². The van der Waals surface area contributed by atoms with Crippen molar-refractivity contribution in [1.82, 2.24) is 9.66 Å². The Morgan fingerprint density at radius 3 is 2.52 bits per heavy atom. The summed E-state index contributed by atoms with van der Waals surface area (Å²) in [4.78, 5) is 4.70. The van der Waals surface area contributed by atoms with Gasteiger partial charge in [-0.15, -0.1) is 0 Å². The Morgan fingerprint density at radius 1 is 1.05 bits per heavy atom. The van der Waals surface area contributed by atoms with Gasteiger partial charge >= 0.3 is 0 Å². The van der Waals surface area contributed by atoms with Crippen molar-refractivity contribution in [3.8, 4) is 5.75 Å². The second kappa shape index (κ2) is 5.48. The summed E-state index contributed by atoms with van der Waals surface area (Å²) in [7, 11) is 1.67. The minimum Gasteiger partial charge on any atom is -0.494 e. The molecule has 2 aromatic heterocycles. The van der Waals surface area contributed by atoms with Crippen molar-refractivity contribution in [3.05, 3.63) is 59.5 Å². The minimum atomic E-state index is 0.671. The molecule has 21 heavy (non-hydrogen) atoms. The van der Waals surface area contributed by atoms with Gasteiger partial charge in [0.25, 0.3) is 0 Å². The number of pyridine rings is 1. The maximum atomic E-state index is 5.38. The van der Waals surface area contributed by atoms with Crippen molar-refractivity contribution < 1.29 is 4.74 Å². The van der Waals surface area contributed by atoms with Crippen molar-refractivity contribution in [3.63, 3.8) is 0 Å². The second-order valence-electron chi connectivity index (χ2n) is 5.12. The third-order valence-corrected chi connectivity index (χ3v) is 3.65. The number of rotatable bonds is 4. The molecule has 0 aliphatic heterocycles. The zero-order valence-corrected chi connectivity index (χ0v) is 12.6. The normalized spacial score (nSPS) is 10.8. The lowest BCUT2D eigenvalue weighted by atomic mass is 10.2. The molecule has 0 spiro atoms. The van der Waals surface area contributed by atoms with Crippen LogP contribution in [0.2, 0.25) is 0 Å². The molecule has 0 saturated carbocycles. The fraction of sp³-hybridized carbons (Fsp3) is 0.235. The number of methoxy groups -OCH3 is 1. The largest absolute Gasteiger partial charge is 0.494 e. The predicted octanol–water partition coefficient (Wildman–Crippen LogP) is 3.41. The number of nitrogens with zero attached hydrogens (tertiary/aromatic N) is 2. The highest BCUT2D eigenvalue weighted by atomic mass is 16.5. The molecular weight excluding hydrogens is 262 g/mol. The van der Waals surface area contributed by atoms with Crippen molar-refractivity contribution in [2.24, 2.45) is 0 Å². The number of nitrogens with one attached hydrogen (secondary N) is 1. The minimum absolute atomic E-state index is 0.671. The molecule has 3 aromatic rings. The van der Waals surface area contributed by atoms with Crippen molar-refractivity contribution >= 4 is 10.9 Å². The third-order valence-electron chi connectivity index (χ3n) is 3.65. The summed E-state index contributed by atoms with van der Waals surface area (Å²) in [5.74, 6) is 0.808. The molecule has 0 radical (unpaired) electrons. The Bertz CT molecular complexity index is 757. The first kappa shape index (κ1) is 13.5. The van der Waals surface area contributed by atoms with Crippen LogP contribution in [0.15, 0.2) is 42.5 Å². The summed E-state index contributed by atoms with van der Waals surface area (Å²) in [5, 5.41) is 1.09. The number of hydrogen-bond donors (Lipinski definition) is 1. The predicted molar refractivity (Wildman–Crippen MR) is 85.3 cm³/mol. The molecule has 3 rings (SSSR count). The van der Waals surface area contributed by atoms with E-state index < -0.39 is 0 Å². The molecule has 0 saturated heterocycles. The molecule has 0 aliphatic rings. The number of aryl methyl sites for hydroxylation is 2. The summed E-state index contributed by atoms with van der Waals surface area (Å²) < 4.78 is 7.46. The summed E-state index contributed by atoms with van der Waals surface area (Å²) in [6.45, 7) is 4.83. The van der Waals surface area contributed by atoms with E-state index >= 15 is 0 Å². The van der Waals surface area contributed by atoms with E-state index in [2.05, 4.69) is 42.1 Å². The van der Waals surface area contributed by atoms with Crippen LogP contribution in [0.4, 0.5) is 0 Å². The maximum Gasteiger partial charge on any atom is 0.145 e. The zero-order valence-electron chi connectivity index (χ0n) is 12.6. The first-order valence-corrected chi connectivity index (χ1v) is 7.00. The molecule has 1 N–H and O–H groups in total.